The number of benzene rings is 1. The first-order valence-electron chi connectivity index (χ1n) is 4.41. The van der Waals surface area contributed by atoms with Gasteiger partial charge < -0.3 is 0 Å². The Bertz CT molecular complexity index is 246. The van der Waals surface area contributed by atoms with Crippen LogP contribution < -0.4 is 0 Å². The van der Waals surface area contributed by atoms with Crippen molar-refractivity contribution in [1.82, 2.24) is 0 Å². The van der Waals surface area contributed by atoms with Gasteiger partial charge in [0, 0.05) is 0 Å². The van der Waals surface area contributed by atoms with Crippen molar-refractivity contribution in [2.45, 2.75) is 32.1 Å². The van der Waals surface area contributed by atoms with Crippen LogP contribution >= 0.6 is 0 Å². The lowest BCUT2D eigenvalue weighted by molar-refractivity contribution is 1.07. The van der Waals surface area contributed by atoms with Crippen LogP contribution in [0.15, 0.2) is 18.2 Å². The molecular formula is C11H13. The molecular weight excluding hydrogens is 132 g/mol. The number of hydrogen-bond acceptors (Lipinski definition) is 0. The molecule has 0 aromatic heterocycles. The second kappa shape index (κ2) is 2.69. The fourth-order valence-electron chi connectivity index (χ4n) is 1.38. The SMILES string of the molecule is CCc1[c]c(C2CC2)ccc1. The van der Waals surface area contributed by atoms with Gasteiger partial charge in [0.15, 0.2) is 0 Å². The Morgan fingerprint density at radius 1 is 1.45 bits per heavy atom. The third kappa shape index (κ3) is 1.45. The van der Waals surface area contributed by atoms with E-state index in [1.54, 1.807) is 0 Å². The summed E-state index contributed by atoms with van der Waals surface area (Å²) in [6.45, 7) is 2.18. The molecule has 0 aliphatic heterocycles. The average molecular weight is 145 g/mol. The topological polar surface area (TPSA) is 0 Å². The van der Waals surface area contributed by atoms with E-state index in [0.717, 1.165) is 12.3 Å². The summed E-state index contributed by atoms with van der Waals surface area (Å²) in [5.74, 6) is 0.849. The summed E-state index contributed by atoms with van der Waals surface area (Å²) in [5.41, 5.74) is 2.79. The van der Waals surface area contributed by atoms with Gasteiger partial charge in [-0.2, -0.15) is 0 Å². The first-order chi connectivity index (χ1) is 5.40. The summed E-state index contributed by atoms with van der Waals surface area (Å²) < 4.78 is 0. The first kappa shape index (κ1) is 6.90. The highest BCUT2D eigenvalue weighted by atomic mass is 14.3. The smallest absolute Gasteiger partial charge is 0.0111 e. The molecule has 0 atom stereocenters. The van der Waals surface area contributed by atoms with Crippen LogP contribution in [0.1, 0.15) is 36.8 Å². The van der Waals surface area contributed by atoms with Crippen molar-refractivity contribution < 1.29 is 0 Å². The maximum atomic E-state index is 3.46. The fourth-order valence-corrected chi connectivity index (χ4v) is 1.38. The third-order valence-electron chi connectivity index (χ3n) is 2.28. The number of hydrogen-bond donors (Lipinski definition) is 0. The van der Waals surface area contributed by atoms with E-state index < -0.39 is 0 Å². The van der Waals surface area contributed by atoms with Crippen molar-refractivity contribution >= 4 is 0 Å². The van der Waals surface area contributed by atoms with Gasteiger partial charge in [-0.15, -0.1) is 0 Å². The van der Waals surface area contributed by atoms with Crippen molar-refractivity contribution in [2.24, 2.45) is 0 Å². The molecule has 0 unspecified atom stereocenters. The summed E-state index contributed by atoms with van der Waals surface area (Å²) in [7, 11) is 0. The Kier molecular flexibility index (Phi) is 1.69. The average Bonchev–Trinajstić information content (AvgIpc) is 2.87. The highest BCUT2D eigenvalue weighted by molar-refractivity contribution is 5.27. The largest absolute Gasteiger partial charge is 0.0617 e. The lowest BCUT2D eigenvalue weighted by Crippen LogP contribution is -1.84. The van der Waals surface area contributed by atoms with Gasteiger partial charge in [-0.05, 0) is 42.4 Å². The molecule has 1 aromatic carbocycles. The number of rotatable bonds is 2. The molecule has 1 aromatic rings. The Labute approximate surface area is 68.3 Å². The van der Waals surface area contributed by atoms with E-state index in [9.17, 15) is 0 Å². The molecule has 0 amide bonds. The zero-order valence-corrected chi connectivity index (χ0v) is 6.93. The van der Waals surface area contributed by atoms with E-state index >= 15 is 0 Å². The van der Waals surface area contributed by atoms with Crippen LogP contribution in [0, 0.1) is 6.07 Å². The van der Waals surface area contributed by atoms with Crippen LogP contribution in [-0.4, -0.2) is 0 Å². The van der Waals surface area contributed by atoms with E-state index in [1.165, 1.54) is 24.0 Å². The highest BCUT2D eigenvalue weighted by Crippen LogP contribution is 2.39. The van der Waals surface area contributed by atoms with Crippen LogP contribution in [0.4, 0.5) is 0 Å². The van der Waals surface area contributed by atoms with E-state index in [0.29, 0.717) is 0 Å². The molecule has 0 N–H and O–H groups in total. The third-order valence-corrected chi connectivity index (χ3v) is 2.28. The minimum absolute atomic E-state index is 0.849. The second-order valence-corrected chi connectivity index (χ2v) is 3.26. The van der Waals surface area contributed by atoms with Gasteiger partial charge in [-0.25, -0.2) is 0 Å². The minimum atomic E-state index is 0.849. The molecule has 1 aliphatic rings. The summed E-state index contributed by atoms with van der Waals surface area (Å²) in [6.07, 6.45) is 3.87. The zero-order chi connectivity index (χ0) is 7.68. The van der Waals surface area contributed by atoms with Gasteiger partial charge in [0.25, 0.3) is 0 Å². The van der Waals surface area contributed by atoms with Crippen LogP contribution in [0.5, 0.6) is 0 Å². The molecule has 11 heavy (non-hydrogen) atoms. The second-order valence-electron chi connectivity index (χ2n) is 3.26. The molecule has 1 aliphatic carbocycles. The minimum Gasteiger partial charge on any atom is -0.0617 e. The molecule has 1 fully saturated rings. The molecule has 0 saturated heterocycles. The lowest BCUT2D eigenvalue weighted by atomic mass is 10.1. The van der Waals surface area contributed by atoms with Gasteiger partial charge in [-0.3, -0.25) is 0 Å². The molecule has 0 bridgehead atoms. The standard InChI is InChI=1S/C11H13/c1-2-9-4-3-5-11(8-9)10-6-7-10/h3-5,10H,2,6-7H2,1H3. The molecule has 57 valence electrons. The Balaban J connectivity index is 2.26. The monoisotopic (exact) mass is 145 g/mol. The van der Waals surface area contributed by atoms with Gasteiger partial charge in [0.2, 0.25) is 0 Å². The Morgan fingerprint density at radius 3 is 2.91 bits per heavy atom. The highest BCUT2D eigenvalue weighted by Gasteiger charge is 2.23. The zero-order valence-electron chi connectivity index (χ0n) is 6.93. The summed E-state index contributed by atoms with van der Waals surface area (Å²) in [5, 5.41) is 0. The van der Waals surface area contributed by atoms with Crippen LogP contribution in [0.25, 0.3) is 0 Å². The van der Waals surface area contributed by atoms with Gasteiger partial charge in [0.05, 0.1) is 0 Å². The van der Waals surface area contributed by atoms with Crippen LogP contribution in [0.2, 0.25) is 0 Å². The Morgan fingerprint density at radius 2 is 2.27 bits per heavy atom. The van der Waals surface area contributed by atoms with Crippen molar-refractivity contribution in [3.8, 4) is 0 Å². The van der Waals surface area contributed by atoms with E-state index in [2.05, 4.69) is 31.2 Å². The van der Waals surface area contributed by atoms with Crippen molar-refractivity contribution in [3.63, 3.8) is 0 Å². The van der Waals surface area contributed by atoms with Gasteiger partial charge in [-0.1, -0.05) is 25.1 Å². The predicted molar refractivity (Wildman–Crippen MR) is 46.6 cm³/mol. The van der Waals surface area contributed by atoms with Crippen molar-refractivity contribution in [3.05, 3.63) is 35.4 Å². The lowest BCUT2D eigenvalue weighted by Gasteiger charge is -1.99. The summed E-state index contributed by atoms with van der Waals surface area (Å²) in [6, 6.07) is 9.98. The Hall–Kier alpha value is -0.780. The quantitative estimate of drug-likeness (QED) is 0.600. The summed E-state index contributed by atoms with van der Waals surface area (Å²) >= 11 is 0. The maximum Gasteiger partial charge on any atom is -0.0111 e. The molecule has 0 nitrogen and oxygen atoms in total. The summed E-state index contributed by atoms with van der Waals surface area (Å²) in [4.78, 5) is 0. The number of aryl methyl sites for hydroxylation is 1. The predicted octanol–water partition coefficient (Wildman–Crippen LogP) is 2.93. The molecule has 1 saturated carbocycles. The van der Waals surface area contributed by atoms with E-state index in [1.807, 2.05) is 0 Å². The molecule has 0 heteroatoms. The molecule has 0 spiro atoms. The van der Waals surface area contributed by atoms with Gasteiger partial charge >= 0.3 is 0 Å². The van der Waals surface area contributed by atoms with Crippen molar-refractivity contribution in [2.75, 3.05) is 0 Å². The molecule has 2 rings (SSSR count). The molecule has 0 heterocycles. The van der Waals surface area contributed by atoms with E-state index in [4.69, 9.17) is 0 Å². The normalized spacial score (nSPS) is 16.8. The molecule has 1 radical (unpaired) electrons. The maximum absolute atomic E-state index is 3.46. The van der Waals surface area contributed by atoms with E-state index in [-0.39, 0.29) is 0 Å². The van der Waals surface area contributed by atoms with Gasteiger partial charge in [0.1, 0.15) is 0 Å². The fraction of sp³-hybridized carbons (Fsp3) is 0.455. The van der Waals surface area contributed by atoms with Crippen LogP contribution in [-0.2, 0) is 6.42 Å². The van der Waals surface area contributed by atoms with Crippen LogP contribution in [0.3, 0.4) is 0 Å². The first-order valence-corrected chi connectivity index (χ1v) is 4.41. The van der Waals surface area contributed by atoms with Crippen molar-refractivity contribution in [1.29, 1.82) is 0 Å².